The molecule has 0 aliphatic carbocycles. The van der Waals surface area contributed by atoms with Gasteiger partial charge >= 0.3 is 6.18 Å². The van der Waals surface area contributed by atoms with E-state index in [9.17, 15) is 22.8 Å². The Balaban J connectivity index is 2.66. The van der Waals surface area contributed by atoms with E-state index in [2.05, 4.69) is 10.6 Å². The minimum atomic E-state index is -4.74. The molecule has 1 aromatic carbocycles. The normalized spacial score (nSPS) is 14.1. The lowest BCUT2D eigenvalue weighted by atomic mass is 10.0. The van der Waals surface area contributed by atoms with Gasteiger partial charge in [0.25, 0.3) is 5.91 Å². The highest BCUT2D eigenvalue weighted by atomic mass is 35.5. The van der Waals surface area contributed by atoms with E-state index in [0.717, 1.165) is 0 Å². The van der Waals surface area contributed by atoms with Gasteiger partial charge in [0.1, 0.15) is 6.04 Å². The molecule has 0 aromatic heterocycles. The minimum absolute atomic E-state index is 0.190. The van der Waals surface area contributed by atoms with Crippen molar-refractivity contribution < 1.29 is 27.9 Å². The molecular formula is C16H20ClF3N2O3. The van der Waals surface area contributed by atoms with Crippen LogP contribution >= 0.6 is 11.6 Å². The Kier molecular flexibility index (Phi) is 7.69. The van der Waals surface area contributed by atoms with Crippen molar-refractivity contribution in [1.82, 2.24) is 10.6 Å². The first-order chi connectivity index (χ1) is 11.5. The molecule has 25 heavy (non-hydrogen) atoms. The van der Waals surface area contributed by atoms with Crippen LogP contribution < -0.4 is 10.6 Å². The van der Waals surface area contributed by atoms with Gasteiger partial charge in [0.2, 0.25) is 5.91 Å². The maximum Gasteiger partial charge on any atom is 0.414 e. The van der Waals surface area contributed by atoms with E-state index in [1.807, 2.05) is 0 Å². The summed E-state index contributed by atoms with van der Waals surface area (Å²) in [5.74, 6) is -1.50. The summed E-state index contributed by atoms with van der Waals surface area (Å²) in [5, 5.41) is 13.9. The number of carbonyl (C=O) groups excluding carboxylic acids is 2. The Morgan fingerprint density at radius 2 is 1.84 bits per heavy atom. The highest BCUT2D eigenvalue weighted by Gasteiger charge is 2.37. The number of carbonyl (C=O) groups is 2. The van der Waals surface area contributed by atoms with Crippen LogP contribution in [0.4, 0.5) is 13.2 Å². The van der Waals surface area contributed by atoms with Crippen molar-refractivity contribution in [2.24, 2.45) is 5.92 Å². The molecule has 0 saturated carbocycles. The number of hydrogen-bond donors (Lipinski definition) is 3. The zero-order chi connectivity index (χ0) is 19.2. The summed E-state index contributed by atoms with van der Waals surface area (Å²) in [6.07, 6.45) is -7.91. The average molecular weight is 381 g/mol. The molecule has 5 nitrogen and oxygen atoms in total. The molecular weight excluding hydrogens is 361 g/mol. The fraction of sp³-hybridized carbons (Fsp3) is 0.500. The van der Waals surface area contributed by atoms with Gasteiger partial charge in [-0.1, -0.05) is 37.6 Å². The number of rotatable bonds is 7. The molecule has 3 N–H and O–H groups in total. The van der Waals surface area contributed by atoms with E-state index < -0.39 is 36.6 Å². The second-order valence-corrected chi connectivity index (χ2v) is 6.22. The van der Waals surface area contributed by atoms with Crippen LogP contribution in [-0.4, -0.2) is 41.8 Å². The second-order valence-electron chi connectivity index (χ2n) is 5.81. The first-order valence-corrected chi connectivity index (χ1v) is 7.99. The van der Waals surface area contributed by atoms with Crippen molar-refractivity contribution in [2.45, 2.75) is 38.6 Å². The van der Waals surface area contributed by atoms with Gasteiger partial charge in [-0.25, -0.2) is 0 Å². The van der Waals surface area contributed by atoms with Crippen LogP contribution in [-0.2, 0) is 4.79 Å². The number of hydrogen-bond acceptors (Lipinski definition) is 3. The van der Waals surface area contributed by atoms with Gasteiger partial charge in [0.05, 0.1) is 10.6 Å². The Hall–Kier alpha value is -1.80. The molecule has 2 amide bonds. The lowest BCUT2D eigenvalue weighted by Crippen LogP contribution is -2.50. The van der Waals surface area contributed by atoms with Gasteiger partial charge in [-0.3, -0.25) is 9.59 Å². The molecule has 0 heterocycles. The maximum atomic E-state index is 12.2. The number of benzene rings is 1. The van der Waals surface area contributed by atoms with Crippen molar-refractivity contribution in [3.05, 3.63) is 34.9 Å². The fourth-order valence-electron chi connectivity index (χ4n) is 2.01. The molecule has 0 radical (unpaired) electrons. The van der Waals surface area contributed by atoms with Gasteiger partial charge < -0.3 is 15.7 Å². The van der Waals surface area contributed by atoms with E-state index in [0.29, 0.717) is 0 Å². The monoisotopic (exact) mass is 380 g/mol. The first-order valence-electron chi connectivity index (χ1n) is 7.62. The van der Waals surface area contributed by atoms with Gasteiger partial charge in [0.15, 0.2) is 6.10 Å². The molecule has 0 aliphatic rings. The second kappa shape index (κ2) is 9.05. The highest BCUT2D eigenvalue weighted by molar-refractivity contribution is 6.33. The lowest BCUT2D eigenvalue weighted by Gasteiger charge is -2.22. The summed E-state index contributed by atoms with van der Waals surface area (Å²) in [5.41, 5.74) is 0.190. The molecule has 0 aliphatic heterocycles. The average Bonchev–Trinajstić information content (AvgIpc) is 2.51. The molecule has 0 spiro atoms. The molecule has 2 atom stereocenters. The molecule has 0 bridgehead atoms. The Morgan fingerprint density at radius 1 is 1.24 bits per heavy atom. The third-order valence-electron chi connectivity index (χ3n) is 3.45. The van der Waals surface area contributed by atoms with Crippen LogP contribution in [0.3, 0.4) is 0 Å². The van der Waals surface area contributed by atoms with E-state index in [1.165, 1.54) is 12.1 Å². The van der Waals surface area contributed by atoms with Gasteiger partial charge in [0, 0.05) is 6.54 Å². The molecule has 1 rings (SSSR count). The van der Waals surface area contributed by atoms with Crippen molar-refractivity contribution in [1.29, 1.82) is 0 Å². The number of amides is 2. The topological polar surface area (TPSA) is 78.4 Å². The number of nitrogens with one attached hydrogen (secondary N) is 2. The van der Waals surface area contributed by atoms with Gasteiger partial charge in [-0.2, -0.15) is 13.2 Å². The summed E-state index contributed by atoms with van der Waals surface area (Å²) in [4.78, 5) is 24.4. The Bertz CT molecular complexity index is 609. The predicted molar refractivity (Wildman–Crippen MR) is 87.2 cm³/mol. The number of alkyl halides is 3. The van der Waals surface area contributed by atoms with Crippen molar-refractivity contribution >= 4 is 23.4 Å². The maximum absolute atomic E-state index is 12.2. The van der Waals surface area contributed by atoms with E-state index >= 15 is 0 Å². The Morgan fingerprint density at radius 3 is 2.36 bits per heavy atom. The largest absolute Gasteiger partial charge is 0.414 e. The van der Waals surface area contributed by atoms with E-state index in [4.69, 9.17) is 16.7 Å². The summed E-state index contributed by atoms with van der Waals surface area (Å²) < 4.78 is 36.7. The molecule has 9 heteroatoms. The lowest BCUT2D eigenvalue weighted by molar-refractivity contribution is -0.205. The van der Waals surface area contributed by atoms with E-state index in [1.54, 1.807) is 26.0 Å². The third-order valence-corrected chi connectivity index (χ3v) is 3.78. The van der Waals surface area contributed by atoms with Crippen molar-refractivity contribution in [2.75, 3.05) is 6.54 Å². The van der Waals surface area contributed by atoms with Crippen LogP contribution in [0.1, 0.15) is 30.6 Å². The number of aliphatic hydroxyl groups excluding tert-OH is 1. The SMILES string of the molecule is CC(C)[C@@H](NC(=O)c1ccccc1Cl)C(=O)NCC[C@H](O)C(F)(F)F. The molecule has 1 aromatic rings. The standard InChI is InChI=1S/C16H20ClF3N2O3/c1-9(2)13(15(25)21-8-7-12(23)16(18,19)20)22-14(24)10-5-3-4-6-11(10)17/h3-6,9,12-13,23H,7-8H2,1-2H3,(H,21,25)(H,22,24)/t12-,13+/m0/s1. The summed E-state index contributed by atoms with van der Waals surface area (Å²) >= 11 is 5.93. The van der Waals surface area contributed by atoms with Crippen molar-refractivity contribution in [3.63, 3.8) is 0 Å². The Labute approximate surface area is 148 Å². The van der Waals surface area contributed by atoms with Crippen LogP contribution in [0.25, 0.3) is 0 Å². The minimum Gasteiger partial charge on any atom is -0.384 e. The van der Waals surface area contributed by atoms with Crippen LogP contribution in [0.15, 0.2) is 24.3 Å². The molecule has 0 saturated heterocycles. The summed E-state index contributed by atoms with van der Waals surface area (Å²) in [7, 11) is 0. The number of halogens is 4. The highest BCUT2D eigenvalue weighted by Crippen LogP contribution is 2.21. The van der Waals surface area contributed by atoms with Crippen LogP contribution in [0, 0.1) is 5.92 Å². The van der Waals surface area contributed by atoms with Crippen LogP contribution in [0.5, 0.6) is 0 Å². The third kappa shape index (κ3) is 6.55. The molecule has 0 fully saturated rings. The quantitative estimate of drug-likeness (QED) is 0.680. The predicted octanol–water partition coefficient (Wildman–Crippen LogP) is 2.52. The zero-order valence-corrected chi connectivity index (χ0v) is 14.5. The van der Waals surface area contributed by atoms with Gasteiger partial charge in [-0.05, 0) is 24.5 Å². The summed E-state index contributed by atoms with van der Waals surface area (Å²) in [6.45, 7) is 2.99. The molecule has 140 valence electrons. The molecule has 0 unspecified atom stereocenters. The smallest absolute Gasteiger partial charge is 0.384 e. The van der Waals surface area contributed by atoms with Crippen LogP contribution in [0.2, 0.25) is 5.02 Å². The summed E-state index contributed by atoms with van der Waals surface area (Å²) in [6, 6.07) is 5.33. The van der Waals surface area contributed by atoms with Crippen molar-refractivity contribution in [3.8, 4) is 0 Å². The van der Waals surface area contributed by atoms with Gasteiger partial charge in [-0.15, -0.1) is 0 Å². The first kappa shape index (κ1) is 21.2. The zero-order valence-electron chi connectivity index (χ0n) is 13.7. The van der Waals surface area contributed by atoms with E-state index in [-0.39, 0.29) is 23.0 Å². The number of aliphatic hydroxyl groups is 1. The fourth-order valence-corrected chi connectivity index (χ4v) is 2.23.